The number of methoxy groups -OCH3 is 1. The van der Waals surface area contributed by atoms with Crippen molar-refractivity contribution in [3.63, 3.8) is 0 Å². The molecule has 0 radical (unpaired) electrons. The van der Waals surface area contributed by atoms with Crippen molar-refractivity contribution in [2.75, 3.05) is 20.2 Å². The first kappa shape index (κ1) is 14.6. The lowest BCUT2D eigenvalue weighted by molar-refractivity contribution is 0.162. The first-order chi connectivity index (χ1) is 7.95. The zero-order valence-corrected chi connectivity index (χ0v) is 12.9. The highest BCUT2D eigenvalue weighted by molar-refractivity contribution is 14.1. The minimum atomic E-state index is -0.393. The Labute approximate surface area is 117 Å². The average Bonchev–Trinajstić information content (AvgIpc) is 2.71. The normalized spacial score (nSPS) is 21.5. The second-order valence-corrected chi connectivity index (χ2v) is 6.44. The van der Waals surface area contributed by atoms with Gasteiger partial charge in [0.05, 0.1) is 13.2 Å². The van der Waals surface area contributed by atoms with E-state index in [-0.39, 0.29) is 6.04 Å². The van der Waals surface area contributed by atoms with Crippen LogP contribution in [0.25, 0.3) is 0 Å². The molecule has 0 saturated carbocycles. The van der Waals surface area contributed by atoms with E-state index in [0.717, 1.165) is 18.8 Å². The van der Waals surface area contributed by atoms with Crippen molar-refractivity contribution in [1.29, 1.82) is 0 Å². The molecule has 0 bridgehead atoms. The number of likely N-dealkylation sites (tertiary alicyclic amines) is 1. The summed E-state index contributed by atoms with van der Waals surface area (Å²) in [6, 6.07) is -0.0517. The molecule has 0 aliphatic carbocycles. The molecule has 2 atom stereocenters. The average molecular weight is 352 g/mol. The van der Waals surface area contributed by atoms with Crippen molar-refractivity contribution in [3.8, 4) is 0 Å². The van der Waals surface area contributed by atoms with E-state index in [1.54, 1.807) is 0 Å². The smallest absolute Gasteiger partial charge is 0.407 e. The Morgan fingerprint density at radius 1 is 1.59 bits per heavy atom. The number of ether oxygens (including phenoxy) is 1. The van der Waals surface area contributed by atoms with Crippen molar-refractivity contribution < 1.29 is 9.53 Å². The van der Waals surface area contributed by atoms with Crippen LogP contribution in [-0.4, -0.2) is 41.2 Å². The molecule has 1 amide bonds. The van der Waals surface area contributed by atoms with E-state index in [1.165, 1.54) is 13.5 Å². The molecule has 1 aliphatic heterocycles. The molecule has 0 aromatic carbocycles. The minimum absolute atomic E-state index is 0.0517. The number of hydrogen-bond acceptors (Lipinski definition) is 3. The van der Waals surface area contributed by atoms with Crippen LogP contribution in [0, 0.1) is 5.92 Å². The number of halogens is 1. The summed E-state index contributed by atoms with van der Waals surface area (Å²) in [6.45, 7) is 10.3. The summed E-state index contributed by atoms with van der Waals surface area (Å²) in [5.41, 5.74) is 0.990. The predicted octanol–water partition coefficient (Wildman–Crippen LogP) is 2.39. The van der Waals surface area contributed by atoms with Gasteiger partial charge in [0, 0.05) is 22.7 Å². The topological polar surface area (TPSA) is 41.6 Å². The predicted molar refractivity (Wildman–Crippen MR) is 77.3 cm³/mol. The van der Waals surface area contributed by atoms with Crippen LogP contribution in [0.5, 0.6) is 0 Å². The second-order valence-electron chi connectivity index (χ2n) is 4.68. The maximum atomic E-state index is 11.3. The van der Waals surface area contributed by atoms with Gasteiger partial charge in [-0.05, 0) is 12.3 Å². The number of nitrogens with one attached hydrogen (secondary N) is 1. The standard InChI is InChI=1S/C12H21IN2O2/c1-8(2)11(14-12(16)17-4)9(3)15-6-5-10(13)7-15/h8,10-11H,3,5-7H2,1-2,4H3,(H,14,16)/t10-,11+/m1/s1. The van der Waals surface area contributed by atoms with Gasteiger partial charge in [-0.1, -0.05) is 43.0 Å². The van der Waals surface area contributed by atoms with Crippen LogP contribution in [-0.2, 0) is 4.74 Å². The maximum absolute atomic E-state index is 11.3. The van der Waals surface area contributed by atoms with Crippen LogP contribution in [0.15, 0.2) is 12.3 Å². The Kier molecular flexibility index (Phi) is 5.55. The molecule has 1 aliphatic rings. The number of alkyl halides is 1. The molecule has 0 unspecified atom stereocenters. The van der Waals surface area contributed by atoms with Crippen LogP contribution in [0.3, 0.4) is 0 Å². The van der Waals surface area contributed by atoms with E-state index < -0.39 is 6.09 Å². The third-order valence-corrected chi connectivity index (χ3v) is 4.04. The molecule has 4 nitrogen and oxygen atoms in total. The lowest BCUT2D eigenvalue weighted by Gasteiger charge is -2.30. The first-order valence-corrected chi connectivity index (χ1v) is 7.12. The fraction of sp³-hybridized carbons (Fsp3) is 0.750. The van der Waals surface area contributed by atoms with Crippen LogP contribution in [0.4, 0.5) is 4.79 Å². The van der Waals surface area contributed by atoms with Crippen molar-refractivity contribution in [2.24, 2.45) is 5.92 Å². The molecule has 0 aromatic heterocycles. The van der Waals surface area contributed by atoms with Crippen molar-refractivity contribution >= 4 is 28.7 Å². The molecule has 98 valence electrons. The summed E-state index contributed by atoms with van der Waals surface area (Å²) in [5, 5.41) is 2.85. The largest absolute Gasteiger partial charge is 0.453 e. The van der Waals surface area contributed by atoms with E-state index in [9.17, 15) is 4.79 Å². The van der Waals surface area contributed by atoms with Gasteiger partial charge in [0.15, 0.2) is 0 Å². The van der Waals surface area contributed by atoms with Gasteiger partial charge in [-0.25, -0.2) is 4.79 Å². The number of rotatable bonds is 4. The fourth-order valence-corrected chi connectivity index (χ4v) is 2.75. The number of alkyl carbamates (subject to hydrolysis) is 1. The van der Waals surface area contributed by atoms with Crippen molar-refractivity contribution in [2.45, 2.75) is 30.2 Å². The fourth-order valence-electron chi connectivity index (χ4n) is 2.00. The van der Waals surface area contributed by atoms with Crippen LogP contribution in [0.1, 0.15) is 20.3 Å². The Morgan fingerprint density at radius 3 is 2.65 bits per heavy atom. The molecule has 1 saturated heterocycles. The van der Waals surface area contributed by atoms with E-state index in [0.29, 0.717) is 9.84 Å². The Hall–Kier alpha value is -0.460. The number of carbonyl (C=O) groups excluding carboxylic acids is 1. The molecular formula is C12H21IN2O2. The lowest BCUT2D eigenvalue weighted by Crippen LogP contribution is -2.44. The quantitative estimate of drug-likeness (QED) is 0.624. The van der Waals surface area contributed by atoms with E-state index in [4.69, 9.17) is 0 Å². The highest BCUT2D eigenvalue weighted by atomic mass is 127. The maximum Gasteiger partial charge on any atom is 0.407 e. The van der Waals surface area contributed by atoms with E-state index in [2.05, 4.69) is 58.0 Å². The summed E-state index contributed by atoms with van der Waals surface area (Å²) in [6.07, 6.45) is 0.790. The number of hydrogen-bond donors (Lipinski definition) is 1. The van der Waals surface area contributed by atoms with Gasteiger partial charge in [-0.2, -0.15) is 0 Å². The molecule has 1 fully saturated rings. The molecule has 1 rings (SSSR count). The van der Waals surface area contributed by atoms with Crippen LogP contribution >= 0.6 is 22.6 Å². The Balaban J connectivity index is 2.63. The highest BCUT2D eigenvalue weighted by Gasteiger charge is 2.28. The van der Waals surface area contributed by atoms with Crippen molar-refractivity contribution in [3.05, 3.63) is 12.3 Å². The zero-order valence-electron chi connectivity index (χ0n) is 10.7. The molecular weight excluding hydrogens is 331 g/mol. The molecule has 0 aromatic rings. The Morgan fingerprint density at radius 2 is 2.24 bits per heavy atom. The minimum Gasteiger partial charge on any atom is -0.453 e. The summed E-state index contributed by atoms with van der Waals surface area (Å²) < 4.78 is 5.33. The molecule has 1 N–H and O–H groups in total. The number of carbonyl (C=O) groups is 1. The lowest BCUT2D eigenvalue weighted by atomic mass is 10.0. The number of amides is 1. The summed E-state index contributed by atoms with van der Waals surface area (Å²) in [7, 11) is 1.38. The first-order valence-electron chi connectivity index (χ1n) is 5.88. The van der Waals surface area contributed by atoms with Gasteiger partial charge in [0.1, 0.15) is 0 Å². The van der Waals surface area contributed by atoms with Gasteiger partial charge in [-0.3, -0.25) is 0 Å². The summed E-state index contributed by atoms with van der Waals surface area (Å²) >= 11 is 2.46. The molecule has 0 spiro atoms. The van der Waals surface area contributed by atoms with Crippen LogP contribution in [0.2, 0.25) is 0 Å². The second kappa shape index (κ2) is 6.47. The monoisotopic (exact) mass is 352 g/mol. The van der Waals surface area contributed by atoms with Gasteiger partial charge in [-0.15, -0.1) is 0 Å². The third kappa shape index (κ3) is 4.04. The molecule has 1 heterocycles. The third-order valence-electron chi connectivity index (χ3n) is 3.02. The Bertz CT molecular complexity index is 294. The summed E-state index contributed by atoms with van der Waals surface area (Å²) in [5.74, 6) is 0.301. The molecule has 5 heteroatoms. The molecule has 17 heavy (non-hydrogen) atoms. The van der Waals surface area contributed by atoms with E-state index >= 15 is 0 Å². The van der Waals surface area contributed by atoms with Crippen LogP contribution < -0.4 is 5.32 Å². The van der Waals surface area contributed by atoms with Crippen molar-refractivity contribution in [1.82, 2.24) is 10.2 Å². The van der Waals surface area contributed by atoms with E-state index in [1.807, 2.05) is 0 Å². The number of nitrogens with zero attached hydrogens (tertiary/aromatic N) is 1. The van der Waals surface area contributed by atoms with Gasteiger partial charge < -0.3 is 15.0 Å². The SMILES string of the molecule is C=C([C@@H](NC(=O)OC)C(C)C)N1CC[C@@H](I)C1. The van der Waals surface area contributed by atoms with Gasteiger partial charge in [0.25, 0.3) is 0 Å². The summed E-state index contributed by atoms with van der Waals surface area (Å²) in [4.78, 5) is 13.6. The zero-order chi connectivity index (χ0) is 13.0. The van der Waals surface area contributed by atoms with Gasteiger partial charge >= 0.3 is 6.09 Å². The van der Waals surface area contributed by atoms with Gasteiger partial charge in [0.2, 0.25) is 0 Å². The highest BCUT2D eigenvalue weighted by Crippen LogP contribution is 2.24.